The molecule has 1 N–H and O–H groups in total. The SMILES string of the molecule is Cc1ccc(CNC(=O)CN2CCN(CC(=O)N3CCCCC3)CC2)cc1. The number of benzene rings is 1. The number of amides is 2. The fourth-order valence-electron chi connectivity index (χ4n) is 3.71. The third-order valence-electron chi connectivity index (χ3n) is 5.51. The van der Waals surface area contributed by atoms with Gasteiger partial charge in [0.1, 0.15) is 0 Å². The normalized spacial score (nSPS) is 19.1. The minimum absolute atomic E-state index is 0.0634. The summed E-state index contributed by atoms with van der Waals surface area (Å²) in [5.74, 6) is 0.326. The van der Waals surface area contributed by atoms with E-state index in [0.717, 1.165) is 57.7 Å². The van der Waals surface area contributed by atoms with E-state index in [9.17, 15) is 9.59 Å². The van der Waals surface area contributed by atoms with Gasteiger partial charge >= 0.3 is 0 Å². The molecule has 2 saturated heterocycles. The summed E-state index contributed by atoms with van der Waals surface area (Å²) in [6.45, 7) is 8.80. The van der Waals surface area contributed by atoms with E-state index in [1.165, 1.54) is 12.0 Å². The molecule has 3 rings (SSSR count). The minimum atomic E-state index is 0.0634. The van der Waals surface area contributed by atoms with Crippen LogP contribution in [0.5, 0.6) is 0 Å². The van der Waals surface area contributed by atoms with Gasteiger partial charge < -0.3 is 10.2 Å². The second kappa shape index (κ2) is 9.85. The van der Waals surface area contributed by atoms with Crippen LogP contribution in [0.15, 0.2) is 24.3 Å². The van der Waals surface area contributed by atoms with Gasteiger partial charge in [-0.2, -0.15) is 0 Å². The lowest BCUT2D eigenvalue weighted by Gasteiger charge is -2.35. The number of aryl methyl sites for hydroxylation is 1. The first-order valence-corrected chi connectivity index (χ1v) is 10.1. The number of carbonyl (C=O) groups is 2. The predicted octanol–water partition coefficient (Wildman–Crippen LogP) is 1.24. The van der Waals surface area contributed by atoms with Gasteiger partial charge in [0.15, 0.2) is 0 Å². The number of piperidine rings is 1. The van der Waals surface area contributed by atoms with Gasteiger partial charge in [0.05, 0.1) is 13.1 Å². The van der Waals surface area contributed by atoms with Gasteiger partial charge in [-0.15, -0.1) is 0 Å². The maximum Gasteiger partial charge on any atom is 0.236 e. The van der Waals surface area contributed by atoms with Crippen molar-refractivity contribution in [3.05, 3.63) is 35.4 Å². The lowest BCUT2D eigenvalue weighted by Crippen LogP contribution is -2.52. The monoisotopic (exact) mass is 372 g/mol. The Morgan fingerprint density at radius 1 is 0.852 bits per heavy atom. The van der Waals surface area contributed by atoms with E-state index in [1.54, 1.807) is 0 Å². The van der Waals surface area contributed by atoms with Gasteiger partial charge in [-0.1, -0.05) is 29.8 Å². The molecule has 2 amide bonds. The molecule has 0 unspecified atom stereocenters. The maximum absolute atomic E-state index is 12.4. The maximum atomic E-state index is 12.4. The van der Waals surface area contributed by atoms with Gasteiger partial charge in [0.2, 0.25) is 11.8 Å². The molecule has 148 valence electrons. The molecule has 27 heavy (non-hydrogen) atoms. The Labute approximate surface area is 162 Å². The van der Waals surface area contributed by atoms with Crippen molar-refractivity contribution in [2.75, 3.05) is 52.4 Å². The van der Waals surface area contributed by atoms with Crippen molar-refractivity contribution in [1.29, 1.82) is 0 Å². The lowest BCUT2D eigenvalue weighted by atomic mass is 10.1. The van der Waals surface area contributed by atoms with Crippen LogP contribution in [0.25, 0.3) is 0 Å². The minimum Gasteiger partial charge on any atom is -0.351 e. The highest BCUT2D eigenvalue weighted by Gasteiger charge is 2.23. The van der Waals surface area contributed by atoms with Gasteiger partial charge in [-0.05, 0) is 31.7 Å². The van der Waals surface area contributed by atoms with E-state index in [0.29, 0.717) is 19.6 Å². The van der Waals surface area contributed by atoms with E-state index >= 15 is 0 Å². The van der Waals surface area contributed by atoms with Crippen LogP contribution in [0.4, 0.5) is 0 Å². The summed E-state index contributed by atoms with van der Waals surface area (Å²) in [7, 11) is 0. The molecule has 2 aliphatic heterocycles. The molecule has 0 radical (unpaired) electrons. The molecule has 2 aliphatic rings. The first-order valence-electron chi connectivity index (χ1n) is 10.1. The predicted molar refractivity (Wildman–Crippen MR) is 106 cm³/mol. The molecule has 0 aromatic heterocycles. The molecule has 1 aromatic rings. The molecular weight excluding hydrogens is 340 g/mol. The molecule has 0 aliphatic carbocycles. The molecule has 0 spiro atoms. The largest absolute Gasteiger partial charge is 0.351 e. The first kappa shape index (κ1) is 19.8. The third kappa shape index (κ3) is 6.33. The van der Waals surface area contributed by atoms with Gasteiger partial charge in [0, 0.05) is 45.8 Å². The number of piperazine rings is 1. The lowest BCUT2D eigenvalue weighted by molar-refractivity contribution is -0.134. The van der Waals surface area contributed by atoms with Crippen molar-refractivity contribution >= 4 is 11.8 Å². The van der Waals surface area contributed by atoms with Crippen molar-refractivity contribution < 1.29 is 9.59 Å². The molecule has 6 nitrogen and oxygen atoms in total. The van der Waals surface area contributed by atoms with Crippen LogP contribution in [0.2, 0.25) is 0 Å². The Morgan fingerprint density at radius 2 is 1.44 bits per heavy atom. The Morgan fingerprint density at radius 3 is 2.07 bits per heavy atom. The highest BCUT2D eigenvalue weighted by atomic mass is 16.2. The van der Waals surface area contributed by atoms with Crippen molar-refractivity contribution in [3.63, 3.8) is 0 Å². The fraction of sp³-hybridized carbons (Fsp3) is 0.619. The topological polar surface area (TPSA) is 55.9 Å². The molecule has 0 bridgehead atoms. The van der Waals surface area contributed by atoms with E-state index in [2.05, 4.69) is 34.2 Å². The second-order valence-electron chi connectivity index (χ2n) is 7.76. The highest BCUT2D eigenvalue weighted by Crippen LogP contribution is 2.10. The Balaban J connectivity index is 1.33. The summed E-state index contributed by atoms with van der Waals surface area (Å²) in [6.07, 6.45) is 3.52. The molecule has 6 heteroatoms. The fourth-order valence-corrected chi connectivity index (χ4v) is 3.71. The van der Waals surface area contributed by atoms with Crippen LogP contribution in [-0.4, -0.2) is 78.9 Å². The smallest absolute Gasteiger partial charge is 0.236 e. The van der Waals surface area contributed by atoms with Crippen LogP contribution in [0, 0.1) is 6.92 Å². The number of hydrogen-bond acceptors (Lipinski definition) is 4. The summed E-state index contributed by atoms with van der Waals surface area (Å²) in [4.78, 5) is 31.0. The third-order valence-corrected chi connectivity index (χ3v) is 5.51. The van der Waals surface area contributed by atoms with Crippen LogP contribution >= 0.6 is 0 Å². The molecule has 0 saturated carbocycles. The summed E-state index contributed by atoms with van der Waals surface area (Å²) >= 11 is 0. The Kier molecular flexibility index (Phi) is 7.24. The number of hydrogen-bond donors (Lipinski definition) is 1. The van der Waals surface area contributed by atoms with E-state index in [1.807, 2.05) is 17.0 Å². The number of likely N-dealkylation sites (tertiary alicyclic amines) is 1. The molecular formula is C21H32N4O2. The van der Waals surface area contributed by atoms with Crippen LogP contribution in [-0.2, 0) is 16.1 Å². The molecule has 1 aromatic carbocycles. The van der Waals surface area contributed by atoms with Gasteiger partial charge in [-0.3, -0.25) is 19.4 Å². The summed E-state index contributed by atoms with van der Waals surface area (Å²) in [5.41, 5.74) is 2.34. The van der Waals surface area contributed by atoms with Crippen LogP contribution in [0.1, 0.15) is 30.4 Å². The van der Waals surface area contributed by atoms with Crippen LogP contribution in [0.3, 0.4) is 0 Å². The average Bonchev–Trinajstić information content (AvgIpc) is 2.70. The Bertz CT molecular complexity index is 618. The summed E-state index contributed by atoms with van der Waals surface area (Å²) in [5, 5.41) is 3.00. The van der Waals surface area contributed by atoms with Crippen molar-refractivity contribution in [2.45, 2.75) is 32.7 Å². The van der Waals surface area contributed by atoms with Gasteiger partial charge in [-0.25, -0.2) is 0 Å². The summed E-state index contributed by atoms with van der Waals surface area (Å²) in [6, 6.07) is 8.22. The number of nitrogens with one attached hydrogen (secondary N) is 1. The standard InChI is InChI=1S/C21H32N4O2/c1-18-5-7-19(8-6-18)15-22-20(26)16-23-11-13-24(14-12-23)17-21(27)25-9-3-2-4-10-25/h5-8H,2-4,9-17H2,1H3,(H,22,26). The van der Waals surface area contributed by atoms with Gasteiger partial charge in [0.25, 0.3) is 0 Å². The summed E-state index contributed by atoms with van der Waals surface area (Å²) < 4.78 is 0. The zero-order valence-electron chi connectivity index (χ0n) is 16.5. The highest BCUT2D eigenvalue weighted by molar-refractivity contribution is 5.78. The Hall–Kier alpha value is -1.92. The zero-order valence-corrected chi connectivity index (χ0v) is 16.5. The second-order valence-corrected chi connectivity index (χ2v) is 7.76. The van der Waals surface area contributed by atoms with E-state index < -0.39 is 0 Å². The van der Waals surface area contributed by atoms with Crippen molar-refractivity contribution in [1.82, 2.24) is 20.0 Å². The molecule has 2 fully saturated rings. The first-order chi connectivity index (χ1) is 13.1. The van der Waals surface area contributed by atoms with Crippen molar-refractivity contribution in [2.24, 2.45) is 0 Å². The van der Waals surface area contributed by atoms with Crippen LogP contribution < -0.4 is 5.32 Å². The van der Waals surface area contributed by atoms with E-state index in [-0.39, 0.29) is 11.8 Å². The van der Waals surface area contributed by atoms with Crippen molar-refractivity contribution in [3.8, 4) is 0 Å². The number of carbonyl (C=O) groups excluding carboxylic acids is 2. The molecule has 2 heterocycles. The number of rotatable bonds is 6. The number of nitrogens with zero attached hydrogens (tertiary/aromatic N) is 3. The quantitative estimate of drug-likeness (QED) is 0.816. The van der Waals surface area contributed by atoms with E-state index in [4.69, 9.17) is 0 Å². The zero-order chi connectivity index (χ0) is 19.1. The average molecular weight is 373 g/mol. The molecule has 0 atom stereocenters.